The van der Waals surface area contributed by atoms with Gasteiger partial charge in [0, 0.05) is 11.8 Å². The largest absolute Gasteiger partial charge is 0.479 e. The number of unbranched alkanes of at least 4 members (excludes halogenated alkanes) is 1. The highest BCUT2D eigenvalue weighted by atomic mass is 16.4. The van der Waals surface area contributed by atoms with Crippen LogP contribution in [0.1, 0.15) is 69.8 Å². The van der Waals surface area contributed by atoms with Crippen molar-refractivity contribution in [2.45, 2.75) is 69.7 Å². The second kappa shape index (κ2) is 7.59. The third-order valence-corrected chi connectivity index (χ3v) is 6.07. The second-order valence-corrected chi connectivity index (χ2v) is 7.79. The summed E-state index contributed by atoms with van der Waals surface area (Å²) in [4.78, 5) is 24.5. The molecule has 3 rings (SSSR count). The summed E-state index contributed by atoms with van der Waals surface area (Å²) in [6.07, 6.45) is 8.23. The van der Waals surface area contributed by atoms with Crippen molar-refractivity contribution in [3.8, 4) is 0 Å². The number of carboxylic acids is 1. The Morgan fingerprint density at radius 1 is 1.16 bits per heavy atom. The van der Waals surface area contributed by atoms with Gasteiger partial charge in [0.25, 0.3) is 0 Å². The number of benzene rings is 1. The van der Waals surface area contributed by atoms with Crippen LogP contribution in [-0.2, 0) is 9.59 Å². The zero-order valence-electron chi connectivity index (χ0n) is 15.0. The molecule has 4 nitrogen and oxygen atoms in total. The lowest BCUT2D eigenvalue weighted by molar-refractivity contribution is -0.144. The van der Waals surface area contributed by atoms with E-state index in [0.717, 1.165) is 37.2 Å². The number of nitrogens with one attached hydrogen (secondary N) is 1. The van der Waals surface area contributed by atoms with Crippen LogP contribution in [0.2, 0.25) is 0 Å². The minimum Gasteiger partial charge on any atom is -0.479 e. The van der Waals surface area contributed by atoms with Crippen molar-refractivity contribution < 1.29 is 14.7 Å². The number of carboxylic acid groups (broad SMARTS) is 1. The van der Waals surface area contributed by atoms with Gasteiger partial charge in [-0.05, 0) is 43.6 Å². The lowest BCUT2D eigenvalue weighted by Crippen LogP contribution is -2.47. The quantitative estimate of drug-likeness (QED) is 0.783. The maximum absolute atomic E-state index is 12.7. The van der Waals surface area contributed by atoms with E-state index in [0.29, 0.717) is 6.42 Å². The van der Waals surface area contributed by atoms with Gasteiger partial charge in [0.1, 0.15) is 5.54 Å². The summed E-state index contributed by atoms with van der Waals surface area (Å²) in [5.41, 5.74) is -0.106. The van der Waals surface area contributed by atoms with Gasteiger partial charge in [-0.3, -0.25) is 4.79 Å². The Kier molecular flexibility index (Phi) is 5.45. The number of carbonyl (C=O) groups is 2. The zero-order valence-corrected chi connectivity index (χ0v) is 15.0. The van der Waals surface area contributed by atoms with Crippen LogP contribution in [0.25, 0.3) is 0 Å². The highest BCUT2D eigenvalue weighted by Gasteiger charge is 2.62. The molecular formula is C21H29NO3. The lowest BCUT2D eigenvalue weighted by atomic mass is 9.79. The third kappa shape index (κ3) is 3.88. The molecule has 25 heavy (non-hydrogen) atoms. The zero-order chi connectivity index (χ0) is 17.9. The molecule has 2 saturated carbocycles. The first kappa shape index (κ1) is 18.0. The summed E-state index contributed by atoms with van der Waals surface area (Å²) in [5, 5.41) is 12.6. The van der Waals surface area contributed by atoms with E-state index >= 15 is 0 Å². The highest BCUT2D eigenvalue weighted by molar-refractivity contribution is 5.92. The summed E-state index contributed by atoms with van der Waals surface area (Å²) in [6.45, 7) is 2.21. The topological polar surface area (TPSA) is 66.4 Å². The second-order valence-electron chi connectivity index (χ2n) is 7.79. The highest BCUT2D eigenvalue weighted by Crippen LogP contribution is 2.52. The fourth-order valence-electron chi connectivity index (χ4n) is 4.31. The Bertz CT molecular complexity index is 607. The maximum atomic E-state index is 12.7. The van der Waals surface area contributed by atoms with E-state index in [9.17, 15) is 14.7 Å². The van der Waals surface area contributed by atoms with Gasteiger partial charge in [-0.1, -0.05) is 56.5 Å². The van der Waals surface area contributed by atoms with Crippen molar-refractivity contribution in [3.05, 3.63) is 35.9 Å². The molecule has 2 N–H and O–H groups in total. The van der Waals surface area contributed by atoms with Gasteiger partial charge in [-0.2, -0.15) is 0 Å². The lowest BCUT2D eigenvalue weighted by Gasteiger charge is -2.29. The number of hydrogen-bond acceptors (Lipinski definition) is 2. The molecule has 1 aromatic rings. The van der Waals surface area contributed by atoms with Gasteiger partial charge in [-0.25, -0.2) is 4.79 Å². The molecule has 1 aromatic carbocycles. The first-order valence-electron chi connectivity index (χ1n) is 9.67. The van der Waals surface area contributed by atoms with E-state index < -0.39 is 11.5 Å². The van der Waals surface area contributed by atoms with Gasteiger partial charge in [0.15, 0.2) is 0 Å². The minimum absolute atomic E-state index is 0.0221. The SMILES string of the molecule is CCCCC1CCC(C(=O)NC2(C(=O)O)CC2c2ccccc2)CC1. The van der Waals surface area contributed by atoms with Crippen LogP contribution in [0, 0.1) is 11.8 Å². The molecule has 2 fully saturated rings. The fourth-order valence-corrected chi connectivity index (χ4v) is 4.31. The molecule has 1 amide bonds. The third-order valence-electron chi connectivity index (χ3n) is 6.07. The molecule has 2 atom stereocenters. The van der Waals surface area contributed by atoms with Gasteiger partial charge >= 0.3 is 5.97 Å². The van der Waals surface area contributed by atoms with Gasteiger partial charge < -0.3 is 10.4 Å². The average molecular weight is 343 g/mol. The number of aliphatic carboxylic acids is 1. The Balaban J connectivity index is 1.57. The molecule has 2 aliphatic carbocycles. The smallest absolute Gasteiger partial charge is 0.330 e. The van der Waals surface area contributed by atoms with Crippen molar-refractivity contribution in [2.75, 3.05) is 0 Å². The van der Waals surface area contributed by atoms with Crippen LogP contribution in [0.4, 0.5) is 0 Å². The summed E-state index contributed by atoms with van der Waals surface area (Å²) in [5.74, 6) is -0.362. The maximum Gasteiger partial charge on any atom is 0.330 e. The van der Waals surface area contributed by atoms with Crippen LogP contribution in [-0.4, -0.2) is 22.5 Å². The molecule has 0 bridgehead atoms. The summed E-state index contributed by atoms with van der Waals surface area (Å²) in [7, 11) is 0. The van der Waals surface area contributed by atoms with E-state index in [1.165, 1.54) is 19.3 Å². The molecule has 0 aromatic heterocycles. The van der Waals surface area contributed by atoms with E-state index in [4.69, 9.17) is 0 Å². The van der Waals surface area contributed by atoms with Crippen molar-refractivity contribution >= 4 is 11.9 Å². The standard InChI is InChI=1S/C21H29NO3/c1-2-3-7-15-10-12-17(13-11-15)19(23)22-21(20(24)25)14-18(21)16-8-5-4-6-9-16/h4-6,8-9,15,17-18H,2-3,7,10-14H2,1H3,(H,22,23)(H,24,25). The van der Waals surface area contributed by atoms with Crippen LogP contribution in [0.3, 0.4) is 0 Å². The fraction of sp³-hybridized carbons (Fsp3) is 0.619. The molecule has 0 aliphatic heterocycles. The Hall–Kier alpha value is -1.84. The monoisotopic (exact) mass is 343 g/mol. The molecular weight excluding hydrogens is 314 g/mol. The van der Waals surface area contributed by atoms with Crippen molar-refractivity contribution in [1.82, 2.24) is 5.32 Å². The van der Waals surface area contributed by atoms with Crippen LogP contribution in [0.15, 0.2) is 30.3 Å². The molecule has 0 radical (unpaired) electrons. The average Bonchev–Trinajstić information content (AvgIpc) is 3.37. The number of hydrogen-bond donors (Lipinski definition) is 2. The minimum atomic E-state index is -1.10. The first-order chi connectivity index (χ1) is 12.1. The molecule has 2 unspecified atom stereocenters. The predicted octanol–water partition coefficient (Wildman–Crippen LogP) is 4.11. The van der Waals surface area contributed by atoms with Crippen LogP contribution in [0.5, 0.6) is 0 Å². The molecule has 0 saturated heterocycles. The first-order valence-corrected chi connectivity index (χ1v) is 9.67. The van der Waals surface area contributed by atoms with Crippen LogP contribution < -0.4 is 5.32 Å². The summed E-state index contributed by atoms with van der Waals surface area (Å²) < 4.78 is 0. The number of rotatable bonds is 7. The van der Waals surface area contributed by atoms with Crippen molar-refractivity contribution in [3.63, 3.8) is 0 Å². The van der Waals surface area contributed by atoms with Crippen molar-refractivity contribution in [2.24, 2.45) is 11.8 Å². The molecule has 0 spiro atoms. The predicted molar refractivity (Wildman–Crippen MR) is 97.3 cm³/mol. The van der Waals surface area contributed by atoms with Gasteiger partial charge in [0.2, 0.25) is 5.91 Å². The molecule has 0 heterocycles. The summed E-state index contributed by atoms with van der Waals surface area (Å²) >= 11 is 0. The molecule has 4 heteroatoms. The summed E-state index contributed by atoms with van der Waals surface area (Å²) in [6, 6.07) is 9.64. The van der Waals surface area contributed by atoms with Gasteiger partial charge in [-0.15, -0.1) is 0 Å². The number of amides is 1. The number of carbonyl (C=O) groups excluding carboxylic acids is 1. The molecule has 2 aliphatic rings. The van der Waals surface area contributed by atoms with E-state index in [1.54, 1.807) is 0 Å². The molecule has 136 valence electrons. The van der Waals surface area contributed by atoms with Crippen LogP contribution >= 0.6 is 0 Å². The van der Waals surface area contributed by atoms with E-state index in [1.807, 2.05) is 30.3 Å². The Labute approximate surface area is 150 Å². The normalized spacial score (nSPS) is 31.3. The Morgan fingerprint density at radius 2 is 1.84 bits per heavy atom. The Morgan fingerprint density at radius 3 is 2.44 bits per heavy atom. The van der Waals surface area contributed by atoms with Crippen molar-refractivity contribution in [1.29, 1.82) is 0 Å². The van der Waals surface area contributed by atoms with E-state index in [-0.39, 0.29) is 17.7 Å². The van der Waals surface area contributed by atoms with E-state index in [2.05, 4.69) is 12.2 Å². The van der Waals surface area contributed by atoms with Gasteiger partial charge in [0.05, 0.1) is 0 Å².